The van der Waals surface area contributed by atoms with E-state index in [1.54, 1.807) is 25.4 Å². The Labute approximate surface area is 173 Å². The Hall–Kier alpha value is -1.96. The Balaban J connectivity index is 1.61. The number of sulfonamides is 1. The molecule has 1 atom stereocenters. The fourth-order valence-corrected chi connectivity index (χ4v) is 4.48. The first-order chi connectivity index (χ1) is 13.8. The van der Waals surface area contributed by atoms with E-state index in [1.165, 1.54) is 10.1 Å². The minimum absolute atomic E-state index is 0.121. The molecule has 1 fully saturated rings. The maximum Gasteiger partial charge on any atom is 0.253 e. The normalized spacial score (nSPS) is 21.0. The summed E-state index contributed by atoms with van der Waals surface area (Å²) in [5.74, 6) is 0.247. The lowest BCUT2D eigenvalue weighted by molar-refractivity contribution is 0.0168. The van der Waals surface area contributed by atoms with E-state index in [0.29, 0.717) is 18.1 Å². The monoisotopic (exact) mass is 418 g/mol. The van der Waals surface area contributed by atoms with Crippen molar-refractivity contribution in [2.75, 3.05) is 19.4 Å². The van der Waals surface area contributed by atoms with Gasteiger partial charge in [0.2, 0.25) is 10.0 Å². The molecule has 0 amide bonds. The molecule has 1 saturated carbocycles. The molecule has 1 N–H and O–H groups in total. The molecule has 1 aliphatic rings. The summed E-state index contributed by atoms with van der Waals surface area (Å²) in [4.78, 5) is 12.5. The van der Waals surface area contributed by atoms with Crippen molar-refractivity contribution in [2.45, 2.75) is 43.6 Å². The highest BCUT2D eigenvalue weighted by Crippen LogP contribution is 2.34. The average Bonchev–Trinajstić information content (AvgIpc) is 2.71. The molecule has 3 rings (SSSR count). The predicted molar refractivity (Wildman–Crippen MR) is 115 cm³/mol. The van der Waals surface area contributed by atoms with Crippen LogP contribution in [0.1, 0.15) is 48.6 Å². The molecule has 0 aliphatic heterocycles. The van der Waals surface area contributed by atoms with Crippen molar-refractivity contribution in [2.24, 2.45) is 7.05 Å². The summed E-state index contributed by atoms with van der Waals surface area (Å²) in [6.07, 6.45) is 7.06. The van der Waals surface area contributed by atoms with Crippen LogP contribution in [0.25, 0.3) is 0 Å². The summed E-state index contributed by atoms with van der Waals surface area (Å²) < 4.78 is 33.3. The van der Waals surface area contributed by atoms with Crippen LogP contribution in [0.5, 0.6) is 0 Å². The van der Waals surface area contributed by atoms with Gasteiger partial charge in [0.15, 0.2) is 0 Å². The van der Waals surface area contributed by atoms with Gasteiger partial charge in [0, 0.05) is 31.3 Å². The Morgan fingerprint density at radius 2 is 1.79 bits per heavy atom. The molecular weight excluding hydrogens is 388 g/mol. The minimum Gasteiger partial charge on any atom is -0.378 e. The van der Waals surface area contributed by atoms with Gasteiger partial charge < -0.3 is 9.30 Å². The number of nitrogens with one attached hydrogen (secondary N) is 1. The Morgan fingerprint density at radius 3 is 2.45 bits per heavy atom. The molecule has 0 spiro atoms. The van der Waals surface area contributed by atoms with Gasteiger partial charge in [-0.15, -0.1) is 0 Å². The zero-order chi connectivity index (χ0) is 20.9. The van der Waals surface area contributed by atoms with Crippen molar-refractivity contribution in [1.82, 2.24) is 9.29 Å². The van der Waals surface area contributed by atoms with Crippen molar-refractivity contribution in [3.63, 3.8) is 0 Å². The number of aryl methyl sites for hydroxylation is 1. The number of rotatable bonds is 8. The van der Waals surface area contributed by atoms with Gasteiger partial charge in [-0.25, -0.2) is 13.1 Å². The Kier molecular flexibility index (Phi) is 7.27. The maximum atomic E-state index is 12.5. The van der Waals surface area contributed by atoms with E-state index >= 15 is 0 Å². The molecular formula is C22H30N2O4S. The molecule has 1 aromatic carbocycles. The van der Waals surface area contributed by atoms with Crippen LogP contribution in [-0.2, 0) is 21.8 Å². The molecule has 7 heteroatoms. The molecule has 0 unspecified atom stereocenters. The first-order valence-electron chi connectivity index (χ1n) is 10.1. The quantitative estimate of drug-likeness (QED) is 0.715. The molecule has 29 heavy (non-hydrogen) atoms. The molecule has 158 valence electrons. The number of hydrogen-bond donors (Lipinski definition) is 1. The fraction of sp³-hybridized carbons (Fsp3) is 0.500. The summed E-state index contributed by atoms with van der Waals surface area (Å²) >= 11 is 0. The summed E-state index contributed by atoms with van der Waals surface area (Å²) in [6, 6.07) is 14.1. The smallest absolute Gasteiger partial charge is 0.253 e. The van der Waals surface area contributed by atoms with Crippen LogP contribution in [0.4, 0.5) is 0 Å². The highest BCUT2D eigenvalue weighted by molar-refractivity contribution is 7.88. The van der Waals surface area contributed by atoms with Crippen molar-refractivity contribution in [1.29, 1.82) is 0 Å². The topological polar surface area (TPSA) is 77.4 Å². The number of ether oxygens (including phenoxy) is 1. The zero-order valence-electron chi connectivity index (χ0n) is 17.1. The van der Waals surface area contributed by atoms with E-state index in [-0.39, 0.29) is 24.1 Å². The molecule has 1 aliphatic carbocycles. The minimum atomic E-state index is -3.35. The van der Waals surface area contributed by atoms with Crippen LogP contribution in [0.3, 0.4) is 0 Å². The average molecular weight is 419 g/mol. The van der Waals surface area contributed by atoms with Crippen LogP contribution in [0.15, 0.2) is 53.5 Å². The highest BCUT2D eigenvalue weighted by atomic mass is 32.2. The number of benzene rings is 1. The first kappa shape index (κ1) is 21.7. The fourth-order valence-electron chi connectivity index (χ4n) is 3.98. The second-order valence-electron chi connectivity index (χ2n) is 7.91. The summed E-state index contributed by atoms with van der Waals surface area (Å²) in [5, 5.41) is 0. The third kappa shape index (κ3) is 6.26. The second-order valence-corrected chi connectivity index (χ2v) is 9.75. The third-order valence-corrected chi connectivity index (χ3v) is 6.35. The van der Waals surface area contributed by atoms with Crippen LogP contribution in [-0.4, -0.2) is 38.5 Å². The van der Waals surface area contributed by atoms with Crippen molar-refractivity contribution in [3.05, 3.63) is 70.1 Å². The first-order valence-corrected chi connectivity index (χ1v) is 12.0. The summed E-state index contributed by atoms with van der Waals surface area (Å²) in [5.41, 5.74) is 1.84. The number of hydrogen-bond acceptors (Lipinski definition) is 4. The van der Waals surface area contributed by atoms with Gasteiger partial charge >= 0.3 is 0 Å². The van der Waals surface area contributed by atoms with Crippen molar-refractivity contribution >= 4 is 10.0 Å². The molecule has 0 bridgehead atoms. The maximum absolute atomic E-state index is 12.5. The summed E-state index contributed by atoms with van der Waals surface area (Å²) in [7, 11) is -1.65. The lowest BCUT2D eigenvalue weighted by Gasteiger charge is -2.30. The van der Waals surface area contributed by atoms with E-state index < -0.39 is 10.0 Å². The SMILES string of the molecule is Cn1cccc([C@@H](CNS(C)(=O)=O)COC2CCC(c3ccccc3)CC2)c1=O. The summed E-state index contributed by atoms with van der Waals surface area (Å²) in [6.45, 7) is 0.472. The van der Waals surface area contributed by atoms with Crippen LogP contribution < -0.4 is 10.3 Å². The third-order valence-electron chi connectivity index (χ3n) is 5.66. The molecule has 1 aromatic heterocycles. The molecule has 1 heterocycles. The predicted octanol–water partition coefficient (Wildman–Crippen LogP) is 2.76. The van der Waals surface area contributed by atoms with Crippen LogP contribution in [0.2, 0.25) is 0 Å². The van der Waals surface area contributed by atoms with E-state index in [4.69, 9.17) is 4.74 Å². The second kappa shape index (κ2) is 9.69. The van der Waals surface area contributed by atoms with E-state index in [1.807, 2.05) is 6.07 Å². The van der Waals surface area contributed by atoms with Gasteiger partial charge in [-0.3, -0.25) is 4.79 Å². The van der Waals surface area contributed by atoms with E-state index in [0.717, 1.165) is 31.9 Å². The van der Waals surface area contributed by atoms with Gasteiger partial charge in [0.1, 0.15) is 0 Å². The highest BCUT2D eigenvalue weighted by Gasteiger charge is 2.25. The van der Waals surface area contributed by atoms with Gasteiger partial charge in [0.05, 0.1) is 19.0 Å². The lowest BCUT2D eigenvalue weighted by atomic mass is 9.83. The van der Waals surface area contributed by atoms with Crippen molar-refractivity contribution in [3.8, 4) is 0 Å². The Bertz CT molecular complexity index is 948. The zero-order valence-corrected chi connectivity index (χ0v) is 17.9. The van der Waals surface area contributed by atoms with Gasteiger partial charge in [-0.05, 0) is 43.2 Å². The van der Waals surface area contributed by atoms with E-state index in [2.05, 4.69) is 29.0 Å². The Morgan fingerprint density at radius 1 is 1.10 bits per heavy atom. The number of nitrogens with zero attached hydrogens (tertiary/aromatic N) is 1. The van der Waals surface area contributed by atoms with Crippen molar-refractivity contribution < 1.29 is 13.2 Å². The number of pyridine rings is 1. The van der Waals surface area contributed by atoms with Crippen LogP contribution >= 0.6 is 0 Å². The van der Waals surface area contributed by atoms with Gasteiger partial charge in [0.25, 0.3) is 5.56 Å². The lowest BCUT2D eigenvalue weighted by Crippen LogP contribution is -2.34. The van der Waals surface area contributed by atoms with Gasteiger partial charge in [-0.1, -0.05) is 36.4 Å². The molecule has 6 nitrogen and oxygen atoms in total. The molecule has 0 radical (unpaired) electrons. The largest absolute Gasteiger partial charge is 0.378 e. The van der Waals surface area contributed by atoms with Crippen LogP contribution in [0, 0.1) is 0 Å². The standard InChI is InChI=1S/C22H30N2O4S/c1-24-14-6-9-21(22(24)25)19(15-23-29(2,26)27)16-28-20-12-10-18(11-13-20)17-7-4-3-5-8-17/h3-9,14,18-20,23H,10-13,15-16H2,1-2H3/t18?,19-,20?/m0/s1. The molecule has 2 aromatic rings. The molecule has 0 saturated heterocycles. The van der Waals surface area contributed by atoms with Gasteiger partial charge in [-0.2, -0.15) is 0 Å². The van der Waals surface area contributed by atoms with E-state index in [9.17, 15) is 13.2 Å². The number of aromatic nitrogens is 1.